The van der Waals surface area contributed by atoms with E-state index in [1.807, 2.05) is 14.1 Å². The Morgan fingerprint density at radius 1 is 1.17 bits per heavy atom. The van der Waals surface area contributed by atoms with Crippen LogP contribution in [0.4, 0.5) is 5.69 Å². The molecule has 5 heteroatoms. The molecule has 1 heterocycles. The van der Waals surface area contributed by atoms with Crippen molar-refractivity contribution < 1.29 is 0 Å². The number of hydrogen-bond acceptors (Lipinski definition) is 3. The topological polar surface area (TPSA) is 39.7 Å². The molecule has 0 amide bonds. The van der Waals surface area contributed by atoms with Gasteiger partial charge in [-0.15, -0.1) is 11.3 Å². The molecule has 124 valence electrons. The first-order valence-electron chi connectivity index (χ1n) is 7.84. The Morgan fingerprint density at radius 2 is 1.91 bits per heavy atom. The van der Waals surface area contributed by atoms with Crippen molar-refractivity contribution in [1.82, 2.24) is 10.6 Å². The summed E-state index contributed by atoms with van der Waals surface area (Å²) in [6.45, 7) is 3.87. The van der Waals surface area contributed by atoms with E-state index in [9.17, 15) is 0 Å². The van der Waals surface area contributed by atoms with E-state index < -0.39 is 0 Å². The maximum atomic E-state index is 4.29. The Hall–Kier alpha value is -2.01. The number of aliphatic imine (C=N–C) groups is 1. The zero-order valence-electron chi connectivity index (χ0n) is 14.3. The van der Waals surface area contributed by atoms with Crippen molar-refractivity contribution in [2.45, 2.75) is 19.4 Å². The Labute approximate surface area is 143 Å². The van der Waals surface area contributed by atoms with Crippen molar-refractivity contribution >= 4 is 23.0 Å². The van der Waals surface area contributed by atoms with Crippen LogP contribution >= 0.6 is 11.3 Å². The molecule has 2 rings (SSSR count). The molecule has 1 aromatic carbocycles. The van der Waals surface area contributed by atoms with E-state index in [1.54, 1.807) is 18.4 Å². The van der Waals surface area contributed by atoms with Crippen molar-refractivity contribution in [1.29, 1.82) is 0 Å². The first kappa shape index (κ1) is 17.3. The summed E-state index contributed by atoms with van der Waals surface area (Å²) < 4.78 is 0. The highest BCUT2D eigenvalue weighted by Gasteiger charge is 2.07. The molecule has 0 saturated heterocycles. The van der Waals surface area contributed by atoms with E-state index in [0.717, 1.165) is 19.0 Å². The standard InChI is InChI=1S/C18H26N4S/c1-14(17-6-5-11-23-17)12-20-18(19-2)21-13-15-7-9-16(10-8-15)22(3)4/h5-11,14H,12-13H2,1-4H3,(H2,19,20,21). The fourth-order valence-corrected chi connectivity index (χ4v) is 3.03. The fourth-order valence-electron chi connectivity index (χ4n) is 2.24. The van der Waals surface area contributed by atoms with Gasteiger partial charge in [-0.1, -0.05) is 25.1 Å². The van der Waals surface area contributed by atoms with Gasteiger partial charge in [0.2, 0.25) is 0 Å². The fraction of sp³-hybridized carbons (Fsp3) is 0.389. The lowest BCUT2D eigenvalue weighted by Crippen LogP contribution is -2.38. The Balaban J connectivity index is 1.80. The van der Waals surface area contributed by atoms with E-state index in [-0.39, 0.29) is 0 Å². The molecule has 0 aliphatic carbocycles. The molecule has 2 aromatic rings. The number of rotatable bonds is 6. The summed E-state index contributed by atoms with van der Waals surface area (Å²) in [7, 11) is 5.90. The number of guanidine groups is 1. The lowest BCUT2D eigenvalue weighted by atomic mass is 10.1. The van der Waals surface area contributed by atoms with E-state index in [4.69, 9.17) is 0 Å². The zero-order chi connectivity index (χ0) is 16.7. The zero-order valence-corrected chi connectivity index (χ0v) is 15.2. The highest BCUT2D eigenvalue weighted by molar-refractivity contribution is 7.10. The van der Waals surface area contributed by atoms with Crippen molar-refractivity contribution in [3.8, 4) is 0 Å². The van der Waals surface area contributed by atoms with Crippen LogP contribution in [0.5, 0.6) is 0 Å². The van der Waals surface area contributed by atoms with Gasteiger partial charge in [0.25, 0.3) is 0 Å². The van der Waals surface area contributed by atoms with Gasteiger partial charge < -0.3 is 15.5 Å². The van der Waals surface area contributed by atoms with Crippen LogP contribution in [0.1, 0.15) is 23.3 Å². The van der Waals surface area contributed by atoms with E-state index in [0.29, 0.717) is 5.92 Å². The highest BCUT2D eigenvalue weighted by atomic mass is 32.1. The van der Waals surface area contributed by atoms with Crippen LogP contribution < -0.4 is 15.5 Å². The van der Waals surface area contributed by atoms with Gasteiger partial charge in [-0.25, -0.2) is 0 Å². The SMILES string of the molecule is CN=C(NCc1ccc(N(C)C)cc1)NCC(C)c1cccs1. The maximum absolute atomic E-state index is 4.29. The molecule has 4 nitrogen and oxygen atoms in total. The first-order chi connectivity index (χ1) is 11.1. The molecule has 23 heavy (non-hydrogen) atoms. The van der Waals surface area contributed by atoms with Gasteiger partial charge in [0.1, 0.15) is 0 Å². The van der Waals surface area contributed by atoms with E-state index >= 15 is 0 Å². The van der Waals surface area contributed by atoms with Crippen molar-refractivity contribution in [3.63, 3.8) is 0 Å². The molecule has 0 saturated carbocycles. The molecule has 0 radical (unpaired) electrons. The lowest BCUT2D eigenvalue weighted by molar-refractivity contribution is 0.708. The molecule has 0 fully saturated rings. The van der Waals surface area contributed by atoms with Crippen molar-refractivity contribution in [2.75, 3.05) is 32.6 Å². The predicted molar refractivity (Wildman–Crippen MR) is 102 cm³/mol. The second-order valence-electron chi connectivity index (χ2n) is 5.78. The third kappa shape index (κ3) is 5.28. The first-order valence-corrected chi connectivity index (χ1v) is 8.72. The van der Waals surface area contributed by atoms with Crippen LogP contribution in [-0.4, -0.2) is 33.6 Å². The van der Waals surface area contributed by atoms with Crippen LogP contribution in [0.2, 0.25) is 0 Å². The van der Waals surface area contributed by atoms with E-state index in [1.165, 1.54) is 16.1 Å². The summed E-state index contributed by atoms with van der Waals surface area (Å²) in [6.07, 6.45) is 0. The van der Waals surface area contributed by atoms with Crippen LogP contribution in [0.3, 0.4) is 0 Å². The van der Waals surface area contributed by atoms with Gasteiger partial charge in [-0.05, 0) is 29.1 Å². The number of anilines is 1. The molecule has 0 spiro atoms. The summed E-state index contributed by atoms with van der Waals surface area (Å²) >= 11 is 1.80. The summed E-state index contributed by atoms with van der Waals surface area (Å²) in [5.74, 6) is 1.32. The predicted octanol–water partition coefficient (Wildman–Crippen LogP) is 3.28. The molecule has 0 aliphatic heterocycles. The molecule has 1 unspecified atom stereocenters. The minimum absolute atomic E-state index is 0.480. The molecule has 0 bridgehead atoms. The maximum Gasteiger partial charge on any atom is 0.191 e. The second kappa shape index (κ2) is 8.58. The Kier molecular flexibility index (Phi) is 6.47. The third-order valence-electron chi connectivity index (χ3n) is 3.74. The number of benzene rings is 1. The minimum Gasteiger partial charge on any atom is -0.378 e. The highest BCUT2D eigenvalue weighted by Crippen LogP contribution is 2.19. The summed E-state index contributed by atoms with van der Waals surface area (Å²) in [5, 5.41) is 8.88. The van der Waals surface area contributed by atoms with Crippen molar-refractivity contribution in [2.24, 2.45) is 4.99 Å². The number of hydrogen-bond donors (Lipinski definition) is 2. The number of nitrogens with zero attached hydrogens (tertiary/aromatic N) is 2. The number of nitrogens with one attached hydrogen (secondary N) is 2. The Bertz CT molecular complexity index is 602. The van der Waals surface area contributed by atoms with Crippen LogP contribution in [0, 0.1) is 0 Å². The minimum atomic E-state index is 0.480. The smallest absolute Gasteiger partial charge is 0.191 e. The molecule has 0 aliphatic rings. The average Bonchev–Trinajstić information content (AvgIpc) is 3.09. The van der Waals surface area contributed by atoms with Crippen LogP contribution in [0.25, 0.3) is 0 Å². The van der Waals surface area contributed by atoms with Gasteiger partial charge in [-0.2, -0.15) is 0 Å². The monoisotopic (exact) mass is 330 g/mol. The summed E-state index contributed by atoms with van der Waals surface area (Å²) in [4.78, 5) is 7.79. The van der Waals surface area contributed by atoms with Gasteiger partial charge in [0, 0.05) is 50.7 Å². The molecule has 1 aromatic heterocycles. The molecule has 2 N–H and O–H groups in total. The molecule has 1 atom stereocenters. The molecular formula is C18H26N4S. The second-order valence-corrected chi connectivity index (χ2v) is 6.76. The van der Waals surface area contributed by atoms with Gasteiger partial charge in [-0.3, -0.25) is 4.99 Å². The van der Waals surface area contributed by atoms with Crippen LogP contribution in [0.15, 0.2) is 46.8 Å². The van der Waals surface area contributed by atoms with Crippen LogP contribution in [-0.2, 0) is 6.54 Å². The summed E-state index contributed by atoms with van der Waals surface area (Å²) in [6, 6.07) is 12.8. The van der Waals surface area contributed by atoms with E-state index in [2.05, 4.69) is 69.2 Å². The lowest BCUT2D eigenvalue weighted by Gasteiger charge is -2.16. The quantitative estimate of drug-likeness (QED) is 0.631. The molecular weight excluding hydrogens is 304 g/mol. The largest absolute Gasteiger partial charge is 0.378 e. The summed E-state index contributed by atoms with van der Waals surface area (Å²) in [5.41, 5.74) is 2.45. The third-order valence-corrected chi connectivity index (χ3v) is 4.84. The van der Waals surface area contributed by atoms with Gasteiger partial charge in [0.05, 0.1) is 0 Å². The number of thiophene rings is 1. The van der Waals surface area contributed by atoms with Gasteiger partial charge >= 0.3 is 0 Å². The van der Waals surface area contributed by atoms with Gasteiger partial charge in [0.15, 0.2) is 5.96 Å². The van der Waals surface area contributed by atoms with Crippen molar-refractivity contribution in [3.05, 3.63) is 52.2 Å². The normalized spacial score (nSPS) is 12.8. The average molecular weight is 331 g/mol. The Morgan fingerprint density at radius 3 is 2.48 bits per heavy atom.